The Balaban J connectivity index is 2.34. The molecule has 1 unspecified atom stereocenters. The summed E-state index contributed by atoms with van der Waals surface area (Å²) in [4.78, 5) is 10.6. The maximum Gasteiger partial charge on any atom is 0.337 e. The lowest BCUT2D eigenvalue weighted by Gasteiger charge is -2.26. The highest BCUT2D eigenvalue weighted by Gasteiger charge is 2.33. The van der Waals surface area contributed by atoms with Crippen molar-refractivity contribution in [3.63, 3.8) is 0 Å². The third-order valence-electron chi connectivity index (χ3n) is 2.14. The van der Waals surface area contributed by atoms with Gasteiger partial charge in [-0.05, 0) is 13.0 Å². The summed E-state index contributed by atoms with van der Waals surface area (Å²) in [6, 6.07) is 0. The summed E-state index contributed by atoms with van der Waals surface area (Å²) in [6.07, 6.45) is 4.75. The first-order chi connectivity index (χ1) is 6.12. The van der Waals surface area contributed by atoms with Gasteiger partial charge >= 0.3 is 5.97 Å². The van der Waals surface area contributed by atoms with E-state index < -0.39 is 5.97 Å². The van der Waals surface area contributed by atoms with Gasteiger partial charge in [0.05, 0.1) is 17.5 Å². The minimum atomic E-state index is -0.948. The molecule has 0 aromatic carbocycles. The zero-order valence-corrected chi connectivity index (χ0v) is 7.03. The lowest BCUT2D eigenvalue weighted by atomic mass is 9.96. The van der Waals surface area contributed by atoms with E-state index in [1.807, 2.05) is 6.92 Å². The van der Waals surface area contributed by atoms with Crippen molar-refractivity contribution in [2.75, 3.05) is 0 Å². The number of nitrogens with zero attached hydrogens (tertiary/aromatic N) is 1. The van der Waals surface area contributed by atoms with Gasteiger partial charge in [0.15, 0.2) is 0 Å². The number of nitrogens with one attached hydrogen (secondary N) is 2. The Bertz CT molecular complexity index is 356. The van der Waals surface area contributed by atoms with Crippen LogP contribution < -0.4 is 10.7 Å². The summed E-state index contributed by atoms with van der Waals surface area (Å²) in [7, 11) is 0. The largest absolute Gasteiger partial charge is 0.478 e. The van der Waals surface area contributed by atoms with Crippen LogP contribution in [0.15, 0.2) is 28.6 Å². The monoisotopic (exact) mass is 179 g/mol. The van der Waals surface area contributed by atoms with Crippen LogP contribution in [0.2, 0.25) is 0 Å². The first-order valence-corrected chi connectivity index (χ1v) is 3.85. The summed E-state index contributed by atoms with van der Waals surface area (Å²) in [5, 5.41) is 15.5. The number of hydrazone groups is 1. The standard InChI is InChI=1S/C8H9N3O2/c1-8-4-10-11-6(8)2-5(3-9-8)7(12)13/h2-4,9,11H,1H3,(H,12,13). The van der Waals surface area contributed by atoms with Crippen molar-refractivity contribution >= 4 is 12.2 Å². The van der Waals surface area contributed by atoms with Gasteiger partial charge < -0.3 is 10.4 Å². The molecule has 0 radical (unpaired) electrons. The van der Waals surface area contributed by atoms with Crippen LogP contribution >= 0.6 is 0 Å². The number of rotatable bonds is 1. The Morgan fingerprint density at radius 2 is 2.46 bits per heavy atom. The van der Waals surface area contributed by atoms with Crippen molar-refractivity contribution in [3.8, 4) is 0 Å². The summed E-state index contributed by atoms with van der Waals surface area (Å²) in [6.45, 7) is 1.91. The smallest absolute Gasteiger partial charge is 0.337 e. The number of carboxylic acids is 1. The van der Waals surface area contributed by atoms with Crippen LogP contribution in [0.4, 0.5) is 0 Å². The van der Waals surface area contributed by atoms with Gasteiger partial charge in [-0.3, -0.25) is 5.43 Å². The molecule has 3 N–H and O–H groups in total. The Kier molecular flexibility index (Phi) is 1.42. The molecular weight excluding hydrogens is 170 g/mol. The van der Waals surface area contributed by atoms with Gasteiger partial charge in [-0.25, -0.2) is 4.79 Å². The highest BCUT2D eigenvalue weighted by molar-refractivity contribution is 5.92. The maximum atomic E-state index is 10.6. The Morgan fingerprint density at radius 3 is 3.15 bits per heavy atom. The second-order valence-electron chi connectivity index (χ2n) is 3.18. The predicted octanol–water partition coefficient (Wildman–Crippen LogP) is -0.210. The summed E-state index contributed by atoms with van der Waals surface area (Å²) >= 11 is 0. The number of fused-ring (bicyclic) bond motifs is 1. The normalized spacial score (nSPS) is 29.6. The molecule has 5 nitrogen and oxygen atoms in total. The van der Waals surface area contributed by atoms with Crippen LogP contribution in [-0.2, 0) is 4.79 Å². The molecule has 2 aliphatic rings. The summed E-state index contributed by atoms with van der Waals surface area (Å²) in [5.41, 5.74) is 3.36. The van der Waals surface area contributed by atoms with Gasteiger partial charge in [0.25, 0.3) is 0 Å². The van der Waals surface area contributed by atoms with E-state index in [1.165, 1.54) is 6.20 Å². The van der Waals surface area contributed by atoms with Crippen molar-refractivity contribution in [2.24, 2.45) is 5.10 Å². The molecule has 0 saturated carbocycles. The minimum absolute atomic E-state index is 0.227. The molecule has 68 valence electrons. The van der Waals surface area contributed by atoms with Crippen LogP contribution in [-0.4, -0.2) is 22.8 Å². The van der Waals surface area contributed by atoms with Crippen LogP contribution in [0.25, 0.3) is 0 Å². The second kappa shape index (κ2) is 2.35. The van der Waals surface area contributed by atoms with Crippen molar-refractivity contribution in [2.45, 2.75) is 12.5 Å². The van der Waals surface area contributed by atoms with E-state index in [2.05, 4.69) is 15.8 Å². The second-order valence-corrected chi connectivity index (χ2v) is 3.18. The third-order valence-corrected chi connectivity index (χ3v) is 2.14. The lowest BCUT2D eigenvalue weighted by molar-refractivity contribution is -0.132. The zero-order chi connectivity index (χ0) is 9.47. The number of carbonyl (C=O) groups is 1. The fourth-order valence-corrected chi connectivity index (χ4v) is 1.26. The SMILES string of the molecule is CC12C=NNC1=CC(C(=O)O)=CN2. The van der Waals surface area contributed by atoms with Gasteiger partial charge in [-0.1, -0.05) is 0 Å². The number of aliphatic carboxylic acids is 1. The Morgan fingerprint density at radius 1 is 1.69 bits per heavy atom. The zero-order valence-electron chi connectivity index (χ0n) is 7.03. The molecule has 0 aromatic heterocycles. The lowest BCUT2D eigenvalue weighted by Crippen LogP contribution is -2.44. The average molecular weight is 179 g/mol. The van der Waals surface area contributed by atoms with Crippen molar-refractivity contribution in [3.05, 3.63) is 23.5 Å². The topological polar surface area (TPSA) is 73.7 Å². The molecule has 13 heavy (non-hydrogen) atoms. The summed E-state index contributed by atoms with van der Waals surface area (Å²) < 4.78 is 0. The molecule has 0 saturated heterocycles. The highest BCUT2D eigenvalue weighted by atomic mass is 16.4. The van der Waals surface area contributed by atoms with E-state index >= 15 is 0 Å². The van der Waals surface area contributed by atoms with E-state index in [0.29, 0.717) is 0 Å². The van der Waals surface area contributed by atoms with E-state index in [1.54, 1.807) is 12.3 Å². The van der Waals surface area contributed by atoms with E-state index in [0.717, 1.165) is 5.70 Å². The molecule has 0 spiro atoms. The molecule has 2 heterocycles. The molecule has 0 amide bonds. The molecule has 5 heteroatoms. The van der Waals surface area contributed by atoms with Gasteiger partial charge in [0, 0.05) is 6.20 Å². The highest BCUT2D eigenvalue weighted by Crippen LogP contribution is 2.22. The van der Waals surface area contributed by atoms with Crippen molar-refractivity contribution in [1.29, 1.82) is 0 Å². The maximum absolute atomic E-state index is 10.6. The molecule has 0 aliphatic carbocycles. The molecule has 1 atom stereocenters. The molecular formula is C8H9N3O2. The number of carboxylic acid groups (broad SMARTS) is 1. The molecule has 0 aromatic rings. The molecule has 2 rings (SSSR count). The summed E-state index contributed by atoms with van der Waals surface area (Å²) in [5.74, 6) is -0.948. The fourth-order valence-electron chi connectivity index (χ4n) is 1.26. The fraction of sp³-hybridized carbons (Fsp3) is 0.250. The molecule has 2 aliphatic heterocycles. The predicted molar refractivity (Wildman–Crippen MR) is 47.0 cm³/mol. The van der Waals surface area contributed by atoms with Gasteiger partial charge in [-0.15, -0.1) is 0 Å². The first-order valence-electron chi connectivity index (χ1n) is 3.85. The molecule has 0 fully saturated rings. The van der Waals surface area contributed by atoms with E-state index in [4.69, 9.17) is 5.11 Å². The number of hydrogen-bond acceptors (Lipinski definition) is 4. The first kappa shape index (κ1) is 7.85. The van der Waals surface area contributed by atoms with Crippen molar-refractivity contribution < 1.29 is 9.90 Å². The minimum Gasteiger partial charge on any atom is -0.478 e. The van der Waals surface area contributed by atoms with Gasteiger partial charge in [0.2, 0.25) is 0 Å². The Hall–Kier alpha value is -1.78. The van der Waals surface area contributed by atoms with Crippen molar-refractivity contribution in [1.82, 2.24) is 10.7 Å². The molecule has 0 bridgehead atoms. The van der Waals surface area contributed by atoms with Crippen LogP contribution in [0.5, 0.6) is 0 Å². The van der Waals surface area contributed by atoms with Crippen LogP contribution in [0.3, 0.4) is 0 Å². The van der Waals surface area contributed by atoms with Crippen LogP contribution in [0, 0.1) is 0 Å². The Labute approximate surface area is 74.8 Å². The number of hydrogen-bond donors (Lipinski definition) is 3. The quantitative estimate of drug-likeness (QED) is 0.520. The van der Waals surface area contributed by atoms with Gasteiger partial charge in [0.1, 0.15) is 5.54 Å². The average Bonchev–Trinajstić information content (AvgIpc) is 2.44. The number of dihydropyridines is 1. The third kappa shape index (κ3) is 1.09. The van der Waals surface area contributed by atoms with E-state index in [-0.39, 0.29) is 11.1 Å². The van der Waals surface area contributed by atoms with Crippen LogP contribution in [0.1, 0.15) is 6.92 Å². The van der Waals surface area contributed by atoms with E-state index in [9.17, 15) is 4.79 Å². The van der Waals surface area contributed by atoms with Gasteiger partial charge in [-0.2, -0.15) is 5.10 Å².